The molecule has 0 N–H and O–H groups in total. The van der Waals surface area contributed by atoms with E-state index in [1.54, 1.807) is 12.1 Å². The van der Waals surface area contributed by atoms with Gasteiger partial charge in [-0.25, -0.2) is 4.79 Å². The zero-order valence-corrected chi connectivity index (χ0v) is 8.58. The minimum atomic E-state index is -0.575. The van der Waals surface area contributed by atoms with E-state index in [9.17, 15) is 4.79 Å². The Morgan fingerprint density at radius 2 is 2.14 bits per heavy atom. The van der Waals surface area contributed by atoms with Crippen LogP contribution in [0.15, 0.2) is 11.6 Å². The smallest absolute Gasteiger partial charge is 0.348 e. The first-order valence-electron chi connectivity index (χ1n) is 4.61. The summed E-state index contributed by atoms with van der Waals surface area (Å²) in [4.78, 5) is 11.2. The van der Waals surface area contributed by atoms with Crippen LogP contribution in [0.2, 0.25) is 0 Å². The van der Waals surface area contributed by atoms with Crippen LogP contribution in [-0.4, -0.2) is 25.8 Å². The molecule has 0 radical (unpaired) electrons. The van der Waals surface area contributed by atoms with E-state index in [4.69, 9.17) is 14.7 Å². The van der Waals surface area contributed by atoms with Crippen LogP contribution in [0.5, 0.6) is 0 Å². The fraction of sp³-hybridized carbons (Fsp3) is 0.600. The monoisotopic (exact) mass is 197 g/mol. The fourth-order valence-corrected chi connectivity index (χ4v) is 0.794. The minimum Gasteiger partial charge on any atom is -0.459 e. The average molecular weight is 197 g/mol. The Bertz CT molecular complexity index is 240. The molecule has 0 atom stereocenters. The van der Waals surface area contributed by atoms with Crippen molar-refractivity contribution in [2.45, 2.75) is 20.3 Å². The van der Waals surface area contributed by atoms with Crippen LogP contribution >= 0.6 is 0 Å². The van der Waals surface area contributed by atoms with E-state index in [0.717, 1.165) is 0 Å². The van der Waals surface area contributed by atoms with Crippen molar-refractivity contribution in [2.24, 2.45) is 0 Å². The number of nitriles is 1. The molecular weight excluding hydrogens is 182 g/mol. The summed E-state index contributed by atoms with van der Waals surface area (Å²) in [6.07, 6.45) is 2.19. The molecule has 4 heteroatoms. The van der Waals surface area contributed by atoms with Crippen molar-refractivity contribution in [3.63, 3.8) is 0 Å². The van der Waals surface area contributed by atoms with Gasteiger partial charge in [0.25, 0.3) is 0 Å². The van der Waals surface area contributed by atoms with E-state index in [1.807, 2.05) is 13.8 Å². The number of hydrogen-bond donors (Lipinski definition) is 0. The lowest BCUT2D eigenvalue weighted by Crippen LogP contribution is -2.11. The number of esters is 1. The van der Waals surface area contributed by atoms with Crippen LogP contribution in [0.25, 0.3) is 0 Å². The molecule has 0 heterocycles. The molecular formula is C10H15NO3. The average Bonchev–Trinajstić information content (AvgIpc) is 2.20. The summed E-state index contributed by atoms with van der Waals surface area (Å²) in [5, 5.41) is 8.58. The lowest BCUT2D eigenvalue weighted by Gasteiger charge is -2.03. The van der Waals surface area contributed by atoms with Gasteiger partial charge in [-0.2, -0.15) is 5.26 Å². The Labute approximate surface area is 84.1 Å². The summed E-state index contributed by atoms with van der Waals surface area (Å²) >= 11 is 0. The van der Waals surface area contributed by atoms with Gasteiger partial charge < -0.3 is 9.47 Å². The van der Waals surface area contributed by atoms with Gasteiger partial charge >= 0.3 is 5.97 Å². The molecule has 0 aromatic heterocycles. The standard InChI is InChI=1S/C10H15NO3/c1-3-5-9(8-11)10(12)14-7-6-13-4-2/h5H,3-4,6-7H2,1-2H3. The highest BCUT2D eigenvalue weighted by Crippen LogP contribution is 1.98. The predicted molar refractivity (Wildman–Crippen MR) is 51.4 cm³/mol. The number of hydrogen-bond acceptors (Lipinski definition) is 4. The molecule has 0 saturated carbocycles. The second kappa shape index (κ2) is 8.27. The lowest BCUT2D eigenvalue weighted by atomic mass is 10.2. The molecule has 0 spiro atoms. The van der Waals surface area contributed by atoms with Crippen molar-refractivity contribution in [1.82, 2.24) is 0 Å². The van der Waals surface area contributed by atoms with Gasteiger partial charge in [0.05, 0.1) is 6.61 Å². The molecule has 0 aliphatic heterocycles. The second-order valence-electron chi connectivity index (χ2n) is 2.47. The number of ether oxygens (including phenoxy) is 2. The Morgan fingerprint density at radius 3 is 2.64 bits per heavy atom. The SMILES string of the molecule is CCC=C(C#N)C(=O)OCCOCC. The molecule has 14 heavy (non-hydrogen) atoms. The normalized spacial score (nSPS) is 10.8. The van der Waals surface area contributed by atoms with Gasteiger partial charge in [0.15, 0.2) is 0 Å². The molecule has 0 rings (SSSR count). The van der Waals surface area contributed by atoms with Gasteiger partial charge in [-0.15, -0.1) is 0 Å². The highest BCUT2D eigenvalue weighted by Gasteiger charge is 2.08. The molecule has 0 aromatic carbocycles. The van der Waals surface area contributed by atoms with E-state index in [-0.39, 0.29) is 12.2 Å². The topological polar surface area (TPSA) is 59.3 Å². The van der Waals surface area contributed by atoms with E-state index in [0.29, 0.717) is 19.6 Å². The molecule has 0 unspecified atom stereocenters. The quantitative estimate of drug-likeness (QED) is 0.280. The van der Waals surface area contributed by atoms with E-state index in [2.05, 4.69) is 0 Å². The van der Waals surface area contributed by atoms with Gasteiger partial charge in [-0.05, 0) is 13.3 Å². The third kappa shape index (κ3) is 5.33. The summed E-state index contributed by atoms with van der Waals surface area (Å²) in [5.74, 6) is -0.575. The largest absolute Gasteiger partial charge is 0.459 e. The molecule has 0 aliphatic carbocycles. The van der Waals surface area contributed by atoms with Crippen LogP contribution in [-0.2, 0) is 14.3 Å². The van der Waals surface area contributed by atoms with Crippen LogP contribution in [0.3, 0.4) is 0 Å². The molecule has 0 fully saturated rings. The lowest BCUT2D eigenvalue weighted by molar-refractivity contribution is -0.140. The molecule has 0 aromatic rings. The molecule has 4 nitrogen and oxygen atoms in total. The van der Waals surface area contributed by atoms with Gasteiger partial charge in [-0.3, -0.25) is 0 Å². The summed E-state index contributed by atoms with van der Waals surface area (Å²) < 4.78 is 9.77. The summed E-state index contributed by atoms with van der Waals surface area (Å²) in [5.41, 5.74) is 0.0593. The number of carbonyl (C=O) groups excluding carboxylic acids is 1. The van der Waals surface area contributed by atoms with E-state index < -0.39 is 5.97 Å². The van der Waals surface area contributed by atoms with Crippen molar-refractivity contribution in [2.75, 3.05) is 19.8 Å². The zero-order chi connectivity index (χ0) is 10.8. The molecule has 0 saturated heterocycles. The van der Waals surface area contributed by atoms with Crippen molar-refractivity contribution in [3.8, 4) is 6.07 Å². The maximum atomic E-state index is 11.2. The summed E-state index contributed by atoms with van der Waals surface area (Å²) in [7, 11) is 0. The van der Waals surface area contributed by atoms with E-state index >= 15 is 0 Å². The molecule has 78 valence electrons. The Balaban J connectivity index is 3.84. The van der Waals surface area contributed by atoms with Crippen molar-refractivity contribution < 1.29 is 14.3 Å². The van der Waals surface area contributed by atoms with Crippen molar-refractivity contribution in [3.05, 3.63) is 11.6 Å². The second-order valence-corrected chi connectivity index (χ2v) is 2.47. The predicted octanol–water partition coefficient (Wildman–Crippen LogP) is 1.43. The highest BCUT2D eigenvalue weighted by atomic mass is 16.6. The first-order chi connectivity index (χ1) is 6.76. The minimum absolute atomic E-state index is 0.0593. The van der Waals surface area contributed by atoms with Crippen LogP contribution in [0, 0.1) is 11.3 Å². The Morgan fingerprint density at radius 1 is 1.43 bits per heavy atom. The van der Waals surface area contributed by atoms with E-state index in [1.165, 1.54) is 0 Å². The van der Waals surface area contributed by atoms with Gasteiger partial charge in [0.1, 0.15) is 18.2 Å². The molecule has 0 bridgehead atoms. The van der Waals surface area contributed by atoms with Crippen LogP contribution in [0.4, 0.5) is 0 Å². The van der Waals surface area contributed by atoms with Crippen molar-refractivity contribution in [1.29, 1.82) is 5.26 Å². The maximum Gasteiger partial charge on any atom is 0.348 e. The third-order valence-corrected chi connectivity index (χ3v) is 1.41. The molecule has 0 amide bonds. The highest BCUT2D eigenvalue weighted by molar-refractivity contribution is 5.92. The maximum absolute atomic E-state index is 11.2. The molecule has 0 aliphatic rings. The zero-order valence-electron chi connectivity index (χ0n) is 8.58. The third-order valence-electron chi connectivity index (χ3n) is 1.41. The van der Waals surface area contributed by atoms with Gasteiger partial charge in [-0.1, -0.05) is 13.0 Å². The van der Waals surface area contributed by atoms with Crippen LogP contribution < -0.4 is 0 Å². The Hall–Kier alpha value is -1.34. The van der Waals surface area contributed by atoms with Gasteiger partial charge in [0.2, 0.25) is 0 Å². The summed E-state index contributed by atoms with van der Waals surface area (Å²) in [6, 6.07) is 1.79. The first kappa shape index (κ1) is 12.7. The van der Waals surface area contributed by atoms with Crippen molar-refractivity contribution >= 4 is 5.97 Å². The van der Waals surface area contributed by atoms with Crippen LogP contribution in [0.1, 0.15) is 20.3 Å². The fourth-order valence-electron chi connectivity index (χ4n) is 0.794. The van der Waals surface area contributed by atoms with Gasteiger partial charge in [0, 0.05) is 6.61 Å². The number of allylic oxidation sites excluding steroid dienone is 1. The number of nitrogens with zero attached hydrogens (tertiary/aromatic N) is 1. The summed E-state index contributed by atoms with van der Waals surface area (Å²) in [6.45, 7) is 4.86. The number of rotatable bonds is 6. The first-order valence-corrected chi connectivity index (χ1v) is 4.61. The number of carbonyl (C=O) groups is 1. The Kier molecular flexibility index (Phi) is 7.48.